The third-order valence-electron chi connectivity index (χ3n) is 4.52. The van der Waals surface area contributed by atoms with E-state index in [1.165, 1.54) is 0 Å². The summed E-state index contributed by atoms with van der Waals surface area (Å²) in [5, 5.41) is 3.98. The van der Waals surface area contributed by atoms with Gasteiger partial charge < -0.3 is 10.1 Å². The highest BCUT2D eigenvalue weighted by atomic mass is 16.5. The van der Waals surface area contributed by atoms with Crippen LogP contribution in [0.1, 0.15) is 27.8 Å². The van der Waals surface area contributed by atoms with E-state index in [1.807, 2.05) is 72.8 Å². The minimum atomic E-state index is -0.358. The Kier molecular flexibility index (Phi) is 4.97. The van der Waals surface area contributed by atoms with E-state index < -0.39 is 0 Å². The molecule has 1 unspecified atom stereocenters. The van der Waals surface area contributed by atoms with Crippen LogP contribution in [0, 0.1) is 0 Å². The van der Waals surface area contributed by atoms with Gasteiger partial charge in [0.1, 0.15) is 11.4 Å². The van der Waals surface area contributed by atoms with E-state index in [4.69, 9.17) is 4.74 Å². The van der Waals surface area contributed by atoms with Gasteiger partial charge in [0, 0.05) is 11.6 Å². The lowest BCUT2D eigenvalue weighted by atomic mass is 10.0. The number of rotatable bonds is 5. The predicted molar refractivity (Wildman–Crippen MR) is 108 cm³/mol. The van der Waals surface area contributed by atoms with Gasteiger partial charge in [0.25, 0.3) is 5.91 Å². The third-order valence-corrected chi connectivity index (χ3v) is 4.52. The number of hydrogen-bond acceptors (Lipinski definition) is 4. The predicted octanol–water partition coefficient (Wildman–Crippen LogP) is 4.16. The summed E-state index contributed by atoms with van der Waals surface area (Å²) >= 11 is 0. The Balaban J connectivity index is 1.65. The quantitative estimate of drug-likeness (QED) is 0.574. The zero-order valence-electron chi connectivity index (χ0n) is 15.4. The van der Waals surface area contributed by atoms with Crippen molar-refractivity contribution in [1.82, 2.24) is 15.3 Å². The molecular formula is C23H19N3O2. The van der Waals surface area contributed by atoms with E-state index in [0.717, 1.165) is 27.9 Å². The molecule has 1 amide bonds. The Morgan fingerprint density at radius 2 is 1.79 bits per heavy atom. The SMILES string of the molecule is COc1ccc2nc(C(=O)NC(c3ccccc3)c3ccccn3)ccc2c1. The summed E-state index contributed by atoms with van der Waals surface area (Å²) in [6.07, 6.45) is 1.72. The van der Waals surface area contributed by atoms with Gasteiger partial charge in [0.15, 0.2) is 0 Å². The van der Waals surface area contributed by atoms with Crippen molar-refractivity contribution in [3.63, 3.8) is 0 Å². The highest BCUT2D eigenvalue weighted by Gasteiger charge is 2.19. The van der Waals surface area contributed by atoms with Crippen molar-refractivity contribution < 1.29 is 9.53 Å². The molecule has 0 saturated carbocycles. The van der Waals surface area contributed by atoms with Gasteiger partial charge in [-0.2, -0.15) is 0 Å². The number of amides is 1. The molecule has 0 bridgehead atoms. The molecule has 4 aromatic rings. The van der Waals surface area contributed by atoms with Crippen LogP contribution in [0.15, 0.2) is 85.1 Å². The summed E-state index contributed by atoms with van der Waals surface area (Å²) in [6.45, 7) is 0. The van der Waals surface area contributed by atoms with Crippen LogP contribution in [0.5, 0.6) is 5.75 Å². The molecule has 0 saturated heterocycles. The van der Waals surface area contributed by atoms with Gasteiger partial charge in [-0.3, -0.25) is 9.78 Å². The average molecular weight is 369 g/mol. The van der Waals surface area contributed by atoms with Crippen molar-refractivity contribution in [2.24, 2.45) is 0 Å². The first-order chi connectivity index (χ1) is 13.7. The number of pyridine rings is 2. The molecule has 0 aliphatic rings. The smallest absolute Gasteiger partial charge is 0.270 e. The molecule has 2 aromatic heterocycles. The minimum Gasteiger partial charge on any atom is -0.497 e. The molecule has 0 aliphatic carbocycles. The maximum absolute atomic E-state index is 12.9. The molecule has 28 heavy (non-hydrogen) atoms. The van der Waals surface area contributed by atoms with Crippen LogP contribution in [-0.4, -0.2) is 23.0 Å². The monoisotopic (exact) mass is 369 g/mol. The number of nitrogens with one attached hydrogen (secondary N) is 1. The van der Waals surface area contributed by atoms with Gasteiger partial charge in [-0.15, -0.1) is 0 Å². The van der Waals surface area contributed by atoms with E-state index in [1.54, 1.807) is 19.4 Å². The largest absolute Gasteiger partial charge is 0.497 e. The Morgan fingerprint density at radius 1 is 0.964 bits per heavy atom. The number of hydrogen-bond donors (Lipinski definition) is 1. The van der Waals surface area contributed by atoms with Crippen molar-refractivity contribution in [3.8, 4) is 5.75 Å². The fourth-order valence-electron chi connectivity index (χ4n) is 3.08. The number of fused-ring (bicyclic) bond motifs is 1. The first kappa shape index (κ1) is 17.7. The Bertz CT molecular complexity index is 1060. The van der Waals surface area contributed by atoms with Crippen molar-refractivity contribution in [2.45, 2.75) is 6.04 Å². The molecule has 0 fully saturated rings. The molecule has 2 aromatic carbocycles. The number of carbonyl (C=O) groups excluding carboxylic acids is 1. The maximum atomic E-state index is 12.9. The fourth-order valence-corrected chi connectivity index (χ4v) is 3.08. The van der Waals surface area contributed by atoms with E-state index in [9.17, 15) is 4.79 Å². The maximum Gasteiger partial charge on any atom is 0.270 e. The molecule has 1 N–H and O–H groups in total. The van der Waals surface area contributed by atoms with E-state index in [0.29, 0.717) is 5.69 Å². The van der Waals surface area contributed by atoms with Gasteiger partial charge in [0.05, 0.1) is 24.4 Å². The summed E-state index contributed by atoms with van der Waals surface area (Å²) in [5.74, 6) is 0.503. The molecule has 0 radical (unpaired) electrons. The highest BCUT2D eigenvalue weighted by Crippen LogP contribution is 2.22. The zero-order valence-corrected chi connectivity index (χ0v) is 15.4. The fraction of sp³-hybridized carbons (Fsp3) is 0.0870. The second kappa shape index (κ2) is 7.88. The van der Waals surface area contributed by atoms with Crippen LogP contribution >= 0.6 is 0 Å². The van der Waals surface area contributed by atoms with Crippen molar-refractivity contribution in [2.75, 3.05) is 7.11 Å². The van der Waals surface area contributed by atoms with Gasteiger partial charge in [-0.05, 0) is 42.0 Å². The molecular weight excluding hydrogens is 350 g/mol. The lowest BCUT2D eigenvalue weighted by Crippen LogP contribution is -2.30. The number of benzene rings is 2. The number of aromatic nitrogens is 2. The van der Waals surface area contributed by atoms with Crippen LogP contribution in [-0.2, 0) is 0 Å². The second-order valence-electron chi connectivity index (χ2n) is 6.33. The van der Waals surface area contributed by atoms with Crippen LogP contribution in [0.3, 0.4) is 0 Å². The van der Waals surface area contributed by atoms with Gasteiger partial charge in [-0.1, -0.05) is 42.5 Å². The average Bonchev–Trinajstić information content (AvgIpc) is 2.77. The number of methoxy groups -OCH3 is 1. The summed E-state index contributed by atoms with van der Waals surface area (Å²) in [7, 11) is 1.62. The zero-order chi connectivity index (χ0) is 19.3. The number of nitrogens with zero attached hydrogens (tertiary/aromatic N) is 2. The Labute approximate surface area is 163 Å². The molecule has 1 atom stereocenters. The summed E-state index contributed by atoms with van der Waals surface area (Å²) in [5.41, 5.74) is 2.82. The summed E-state index contributed by atoms with van der Waals surface area (Å²) in [6, 6.07) is 24.2. The van der Waals surface area contributed by atoms with E-state index in [-0.39, 0.29) is 11.9 Å². The third kappa shape index (κ3) is 3.69. The minimum absolute atomic E-state index is 0.253. The van der Waals surface area contributed by atoms with Crippen LogP contribution in [0.4, 0.5) is 0 Å². The molecule has 0 spiro atoms. The van der Waals surface area contributed by atoms with E-state index >= 15 is 0 Å². The standard InChI is InChI=1S/C23H19N3O2/c1-28-18-11-13-19-17(15-18)10-12-21(25-19)23(27)26-22(16-7-3-2-4-8-16)20-9-5-6-14-24-20/h2-15,22H,1H3,(H,26,27). The van der Waals surface area contributed by atoms with Gasteiger partial charge in [-0.25, -0.2) is 4.98 Å². The molecule has 0 aliphatic heterocycles. The molecule has 138 valence electrons. The van der Waals surface area contributed by atoms with Crippen LogP contribution in [0.25, 0.3) is 10.9 Å². The van der Waals surface area contributed by atoms with Crippen molar-refractivity contribution in [3.05, 3.63) is 102 Å². The summed E-state index contributed by atoms with van der Waals surface area (Å²) in [4.78, 5) is 21.9. The van der Waals surface area contributed by atoms with Crippen LogP contribution in [0.2, 0.25) is 0 Å². The second-order valence-corrected chi connectivity index (χ2v) is 6.33. The Hall–Kier alpha value is -3.73. The first-order valence-electron chi connectivity index (χ1n) is 8.96. The lowest BCUT2D eigenvalue weighted by molar-refractivity contribution is 0.0937. The van der Waals surface area contributed by atoms with Gasteiger partial charge >= 0.3 is 0 Å². The molecule has 5 heteroatoms. The highest BCUT2D eigenvalue weighted by molar-refractivity contribution is 5.95. The number of ether oxygens (including phenoxy) is 1. The normalized spacial score (nSPS) is 11.8. The molecule has 4 rings (SSSR count). The summed E-state index contributed by atoms with van der Waals surface area (Å²) < 4.78 is 5.24. The molecule has 2 heterocycles. The molecule has 5 nitrogen and oxygen atoms in total. The first-order valence-corrected chi connectivity index (χ1v) is 8.96. The van der Waals surface area contributed by atoms with Crippen LogP contribution < -0.4 is 10.1 Å². The Morgan fingerprint density at radius 3 is 2.54 bits per heavy atom. The lowest BCUT2D eigenvalue weighted by Gasteiger charge is -2.18. The number of carbonyl (C=O) groups is 1. The van der Waals surface area contributed by atoms with E-state index in [2.05, 4.69) is 15.3 Å². The van der Waals surface area contributed by atoms with Crippen molar-refractivity contribution >= 4 is 16.8 Å². The van der Waals surface area contributed by atoms with Gasteiger partial charge in [0.2, 0.25) is 0 Å². The topological polar surface area (TPSA) is 64.1 Å². The van der Waals surface area contributed by atoms with Crippen molar-refractivity contribution in [1.29, 1.82) is 0 Å².